The lowest BCUT2D eigenvalue weighted by Gasteiger charge is -2.30. The summed E-state index contributed by atoms with van der Waals surface area (Å²) in [7, 11) is 1.84. The number of fused-ring (bicyclic) bond motifs is 3. The minimum atomic E-state index is -0.915. The van der Waals surface area contributed by atoms with Crippen LogP contribution in [0.5, 0.6) is 6.01 Å². The Morgan fingerprint density at radius 3 is 2.84 bits per heavy atom. The third kappa shape index (κ3) is 6.42. The molecule has 6 heterocycles. The van der Waals surface area contributed by atoms with E-state index in [0.29, 0.717) is 58.9 Å². The lowest BCUT2D eigenvalue weighted by Crippen LogP contribution is -2.43. The van der Waals surface area contributed by atoms with Crippen molar-refractivity contribution in [3.8, 4) is 17.3 Å². The van der Waals surface area contributed by atoms with E-state index in [2.05, 4.69) is 24.8 Å². The van der Waals surface area contributed by atoms with Crippen molar-refractivity contribution in [1.29, 1.82) is 0 Å². The van der Waals surface area contributed by atoms with Gasteiger partial charge in [-0.3, -0.25) is 14.7 Å². The van der Waals surface area contributed by atoms with Gasteiger partial charge in [0.2, 0.25) is 5.91 Å². The first kappa shape index (κ1) is 33.2. The summed E-state index contributed by atoms with van der Waals surface area (Å²) in [6.07, 6.45) is 11.8. The van der Waals surface area contributed by atoms with Crippen LogP contribution >= 0.6 is 11.6 Å². The number of likely N-dealkylation sites (tertiary alicyclic amines) is 1. The Labute approximate surface area is 298 Å². The van der Waals surface area contributed by atoms with Gasteiger partial charge in [-0.2, -0.15) is 4.98 Å². The minimum absolute atomic E-state index is 0.00590. The van der Waals surface area contributed by atoms with Crippen molar-refractivity contribution in [3.05, 3.63) is 83.8 Å². The number of amides is 1. The average molecular weight is 710 g/mol. The van der Waals surface area contributed by atoms with Crippen LogP contribution in [0.15, 0.2) is 67.3 Å². The molecule has 3 atom stereocenters. The van der Waals surface area contributed by atoms with E-state index < -0.39 is 17.5 Å². The Kier molecular flexibility index (Phi) is 8.89. The molecule has 51 heavy (non-hydrogen) atoms. The average Bonchev–Trinajstić information content (AvgIpc) is 3.84. The molecular formula is C38H36ClF2N8O2+. The van der Waals surface area contributed by atoms with Crippen LogP contribution in [0.4, 0.5) is 14.6 Å². The van der Waals surface area contributed by atoms with E-state index in [4.69, 9.17) is 21.3 Å². The van der Waals surface area contributed by atoms with Gasteiger partial charge in [0.25, 0.3) is 0 Å². The first-order valence-corrected chi connectivity index (χ1v) is 17.5. The molecule has 0 aliphatic carbocycles. The van der Waals surface area contributed by atoms with Crippen molar-refractivity contribution < 1.29 is 22.9 Å². The summed E-state index contributed by atoms with van der Waals surface area (Å²) < 4.78 is 39.4. The summed E-state index contributed by atoms with van der Waals surface area (Å²) in [6, 6.07) is 12.8. The van der Waals surface area contributed by atoms with Gasteiger partial charge in [-0.15, -0.1) is 0 Å². The second-order valence-electron chi connectivity index (χ2n) is 13.6. The maximum Gasteiger partial charge on any atom is 0.434 e. The normalized spacial score (nSPS) is 22.4. The Morgan fingerprint density at radius 2 is 2.00 bits per heavy atom. The van der Waals surface area contributed by atoms with Gasteiger partial charge < -0.3 is 9.64 Å². The van der Waals surface area contributed by atoms with Gasteiger partial charge in [0.05, 0.1) is 24.5 Å². The second kappa shape index (κ2) is 13.6. The first-order valence-electron chi connectivity index (χ1n) is 17.1. The molecule has 0 N–H and O–H groups in total. The smallest absolute Gasteiger partial charge is 0.434 e. The van der Waals surface area contributed by atoms with Crippen molar-refractivity contribution in [2.24, 2.45) is 5.92 Å². The highest BCUT2D eigenvalue weighted by molar-refractivity contribution is 6.36. The molecule has 3 aromatic heterocycles. The van der Waals surface area contributed by atoms with Crippen molar-refractivity contribution >= 4 is 57.3 Å². The number of alkyl halides is 1. The number of benzene rings is 2. The van der Waals surface area contributed by atoms with Crippen LogP contribution in [-0.2, 0) is 4.79 Å². The molecule has 3 saturated heterocycles. The van der Waals surface area contributed by atoms with Crippen molar-refractivity contribution in [2.45, 2.75) is 37.4 Å². The monoisotopic (exact) mass is 709 g/mol. The summed E-state index contributed by atoms with van der Waals surface area (Å²) in [5.74, 6) is -0.305. The van der Waals surface area contributed by atoms with Gasteiger partial charge in [-0.25, -0.2) is 23.3 Å². The summed E-state index contributed by atoms with van der Waals surface area (Å²) in [5, 5.41) is 2.44. The van der Waals surface area contributed by atoms with Crippen LogP contribution in [0.25, 0.3) is 39.0 Å². The molecule has 0 radical (unpaired) electrons. The third-order valence-corrected chi connectivity index (χ3v) is 10.6. The van der Waals surface area contributed by atoms with Gasteiger partial charge >= 0.3 is 11.8 Å². The summed E-state index contributed by atoms with van der Waals surface area (Å²) >= 11 is 6.62. The van der Waals surface area contributed by atoms with Crippen molar-refractivity contribution in [2.75, 3.05) is 39.8 Å². The molecule has 10 nitrogen and oxygen atoms in total. The molecule has 0 bridgehead atoms. The van der Waals surface area contributed by atoms with Gasteiger partial charge in [0.15, 0.2) is 5.82 Å². The van der Waals surface area contributed by atoms with Crippen LogP contribution < -0.4 is 4.74 Å². The predicted molar refractivity (Wildman–Crippen MR) is 191 cm³/mol. The van der Waals surface area contributed by atoms with Gasteiger partial charge in [0.1, 0.15) is 35.7 Å². The molecule has 8 rings (SSSR count). The van der Waals surface area contributed by atoms with Crippen LogP contribution in [-0.4, -0.2) is 103 Å². The number of nitrogens with zero attached hydrogens (tertiary/aromatic N) is 8. The highest BCUT2D eigenvalue weighted by Gasteiger charge is 2.49. The molecule has 260 valence electrons. The maximum absolute atomic E-state index is 16.8. The van der Waals surface area contributed by atoms with Crippen molar-refractivity contribution in [1.82, 2.24) is 34.7 Å². The van der Waals surface area contributed by atoms with Gasteiger partial charge in [-0.05, 0) is 49.4 Å². The minimum Gasteiger partial charge on any atom is -0.443 e. The van der Waals surface area contributed by atoms with E-state index in [0.717, 1.165) is 31.2 Å². The Hall–Kier alpha value is -4.94. The molecule has 1 unspecified atom stereocenters. The standard InChI is InChI=1S/C38H36ClF2N8O2/c1-47(19-24-12-16-48(20-24)31(50)10-9-27-11-14-42-23-44-27)36-29-18-43-34(28-7-2-5-25-6-3-8-30(39)32(25)28)33(41)35(29)45-37(46-36)51-22-38-13-4-15-49(38)21-26(40)17-38/h2-3,5-11,14,18-19,23-24,26H,4,12-13,15-17,20-22H2,1H3/q+1/b10-9+,47-19-/t24?,26-,38+/m1/s1. The largest absolute Gasteiger partial charge is 0.443 e. The molecular weight excluding hydrogens is 674 g/mol. The fourth-order valence-electron chi connectivity index (χ4n) is 7.84. The first-order chi connectivity index (χ1) is 24.8. The number of ether oxygens (including phenoxy) is 1. The Bertz CT molecular complexity index is 2200. The van der Waals surface area contributed by atoms with Crippen LogP contribution in [0, 0.1) is 11.7 Å². The van der Waals surface area contributed by atoms with Crippen LogP contribution in [0.1, 0.15) is 31.4 Å². The number of rotatable bonds is 8. The number of halogens is 3. The molecule has 3 fully saturated rings. The molecule has 3 aliphatic rings. The molecule has 0 saturated carbocycles. The molecule has 13 heteroatoms. The fraction of sp³-hybridized carbons (Fsp3) is 0.342. The van der Waals surface area contributed by atoms with E-state index in [1.54, 1.807) is 41.6 Å². The highest BCUT2D eigenvalue weighted by atomic mass is 35.5. The fourth-order valence-corrected chi connectivity index (χ4v) is 8.12. The highest BCUT2D eigenvalue weighted by Crippen LogP contribution is 2.41. The summed E-state index contributed by atoms with van der Waals surface area (Å²) in [4.78, 5) is 38.9. The van der Waals surface area contributed by atoms with Gasteiger partial charge in [0, 0.05) is 71.4 Å². The zero-order chi connectivity index (χ0) is 35.1. The van der Waals surface area contributed by atoms with Crippen LogP contribution in [0.2, 0.25) is 5.02 Å². The summed E-state index contributed by atoms with van der Waals surface area (Å²) in [6.45, 7) is 2.50. The Balaban J connectivity index is 1.14. The van der Waals surface area contributed by atoms with E-state index in [1.807, 2.05) is 42.1 Å². The number of pyridine rings is 1. The Morgan fingerprint density at radius 1 is 1.14 bits per heavy atom. The van der Waals surface area contributed by atoms with Crippen molar-refractivity contribution in [3.63, 3.8) is 0 Å². The van der Waals surface area contributed by atoms with E-state index in [1.165, 1.54) is 12.4 Å². The maximum atomic E-state index is 16.8. The van der Waals surface area contributed by atoms with Gasteiger partial charge in [-0.1, -0.05) is 41.9 Å². The zero-order valence-electron chi connectivity index (χ0n) is 28.1. The second-order valence-corrected chi connectivity index (χ2v) is 14.0. The SMILES string of the molecule is C/[N+](=C/C1CCN(C(=O)/C=C/c2ccncn2)C1)c1nc(OC[C@@]23CCCN2C[C@H](F)C3)nc2c(F)c(-c3cccc4cccc(Cl)c34)ncc12. The number of carbonyl (C=O) groups excluding carboxylic acids is 1. The van der Waals surface area contributed by atoms with E-state index in [-0.39, 0.29) is 35.7 Å². The lowest BCUT2D eigenvalue weighted by atomic mass is 9.95. The molecule has 0 spiro atoms. The topological polar surface area (TPSA) is 100 Å². The molecule has 1 amide bonds. The number of hydrogen-bond acceptors (Lipinski definition) is 8. The molecule has 5 aromatic rings. The number of aromatic nitrogens is 5. The predicted octanol–water partition coefficient (Wildman–Crippen LogP) is 6.29. The van der Waals surface area contributed by atoms with E-state index in [9.17, 15) is 9.18 Å². The number of carbonyl (C=O) groups is 1. The summed E-state index contributed by atoms with van der Waals surface area (Å²) in [5.41, 5.74) is 0.932. The van der Waals surface area contributed by atoms with Crippen LogP contribution in [0.3, 0.4) is 0 Å². The van der Waals surface area contributed by atoms with E-state index >= 15 is 4.39 Å². The molecule has 2 aromatic carbocycles. The lowest BCUT2D eigenvalue weighted by molar-refractivity contribution is -0.405. The quantitative estimate of drug-likeness (QED) is 0.105. The molecule has 3 aliphatic heterocycles. The zero-order valence-corrected chi connectivity index (χ0v) is 28.8. The number of hydrogen-bond donors (Lipinski definition) is 0. The third-order valence-electron chi connectivity index (χ3n) is 10.3.